The highest BCUT2D eigenvalue weighted by Crippen LogP contribution is 2.32. The minimum Gasteiger partial charge on any atom is -0.350 e. The number of carbonyl (C=O) groups is 2. The van der Waals surface area contributed by atoms with Gasteiger partial charge in [0.1, 0.15) is 0 Å². The van der Waals surface area contributed by atoms with Crippen LogP contribution < -0.4 is 11.1 Å². The van der Waals surface area contributed by atoms with Crippen LogP contribution in [0.4, 0.5) is 0 Å². The van der Waals surface area contributed by atoms with Gasteiger partial charge in [0.2, 0.25) is 11.8 Å². The molecule has 0 spiro atoms. The van der Waals surface area contributed by atoms with Crippen LogP contribution in [0.15, 0.2) is 30.3 Å². The predicted octanol–water partition coefficient (Wildman–Crippen LogP) is 0.828. The Morgan fingerprint density at radius 1 is 1.27 bits per heavy atom. The van der Waals surface area contributed by atoms with Crippen molar-refractivity contribution in [3.63, 3.8) is 0 Å². The Bertz CT molecular complexity index is 554. The lowest BCUT2D eigenvalue weighted by Gasteiger charge is -2.18. The quantitative estimate of drug-likeness (QED) is 0.846. The van der Waals surface area contributed by atoms with Crippen LogP contribution in [0, 0.1) is 0 Å². The molecule has 1 aromatic carbocycles. The van der Waals surface area contributed by atoms with Gasteiger partial charge >= 0.3 is 0 Å². The summed E-state index contributed by atoms with van der Waals surface area (Å²) in [5.74, 6) is 0.102. The Labute approximate surface area is 130 Å². The second-order valence-electron chi connectivity index (χ2n) is 6.44. The van der Waals surface area contributed by atoms with E-state index in [9.17, 15) is 9.59 Å². The average molecular weight is 301 g/mol. The molecule has 1 saturated carbocycles. The molecule has 5 heteroatoms. The number of nitrogens with two attached hydrogens (primary N) is 1. The Kier molecular flexibility index (Phi) is 4.16. The summed E-state index contributed by atoms with van der Waals surface area (Å²) in [6.45, 7) is 1.32. The van der Waals surface area contributed by atoms with Crippen LogP contribution >= 0.6 is 0 Å². The van der Waals surface area contributed by atoms with E-state index >= 15 is 0 Å². The molecule has 1 atom stereocenters. The fourth-order valence-electron chi connectivity index (χ4n) is 2.85. The highest BCUT2D eigenvalue weighted by molar-refractivity contribution is 5.89. The summed E-state index contributed by atoms with van der Waals surface area (Å²) in [6.07, 6.45) is 3.64. The number of aryl methyl sites for hydroxylation is 1. The SMILES string of the molecule is NC1(C(=O)NC2CCN(C(=O)CCc3ccccc3)C2)CC1. The van der Waals surface area contributed by atoms with Crippen molar-refractivity contribution in [2.24, 2.45) is 5.73 Å². The molecular formula is C17H23N3O2. The fraction of sp³-hybridized carbons (Fsp3) is 0.529. The standard InChI is InChI=1S/C17H23N3O2/c18-17(9-10-17)16(22)19-14-8-11-20(12-14)15(21)7-6-13-4-2-1-3-5-13/h1-5,14H,6-12,18H2,(H,19,22). The van der Waals surface area contributed by atoms with Gasteiger partial charge in [-0.3, -0.25) is 9.59 Å². The van der Waals surface area contributed by atoms with Crippen molar-refractivity contribution in [2.45, 2.75) is 43.7 Å². The van der Waals surface area contributed by atoms with Crippen LogP contribution in [0.3, 0.4) is 0 Å². The van der Waals surface area contributed by atoms with E-state index in [-0.39, 0.29) is 17.9 Å². The van der Waals surface area contributed by atoms with Gasteiger partial charge in [0, 0.05) is 25.6 Å². The highest BCUT2D eigenvalue weighted by Gasteiger charge is 2.46. The maximum Gasteiger partial charge on any atom is 0.240 e. The number of nitrogens with zero attached hydrogens (tertiary/aromatic N) is 1. The van der Waals surface area contributed by atoms with Crippen LogP contribution in [0.1, 0.15) is 31.2 Å². The van der Waals surface area contributed by atoms with E-state index in [0.717, 1.165) is 32.2 Å². The molecule has 0 radical (unpaired) electrons. The van der Waals surface area contributed by atoms with E-state index in [4.69, 9.17) is 5.73 Å². The largest absolute Gasteiger partial charge is 0.350 e. The van der Waals surface area contributed by atoms with Gasteiger partial charge in [-0.2, -0.15) is 0 Å². The molecule has 2 amide bonds. The summed E-state index contributed by atoms with van der Waals surface area (Å²) in [7, 11) is 0. The zero-order valence-corrected chi connectivity index (χ0v) is 12.8. The molecule has 1 aliphatic carbocycles. The van der Waals surface area contributed by atoms with Gasteiger partial charge in [-0.25, -0.2) is 0 Å². The maximum absolute atomic E-state index is 12.2. The number of amides is 2. The minimum atomic E-state index is -0.634. The monoisotopic (exact) mass is 301 g/mol. The van der Waals surface area contributed by atoms with Gasteiger partial charge in [0.25, 0.3) is 0 Å². The second-order valence-corrected chi connectivity index (χ2v) is 6.44. The van der Waals surface area contributed by atoms with Gasteiger partial charge in [-0.05, 0) is 31.2 Å². The van der Waals surface area contributed by atoms with Crippen molar-refractivity contribution in [1.82, 2.24) is 10.2 Å². The summed E-state index contributed by atoms with van der Waals surface area (Å²) in [5.41, 5.74) is 6.43. The van der Waals surface area contributed by atoms with Crippen molar-refractivity contribution in [3.05, 3.63) is 35.9 Å². The van der Waals surface area contributed by atoms with Crippen LogP contribution in [0.25, 0.3) is 0 Å². The Morgan fingerprint density at radius 3 is 2.68 bits per heavy atom. The molecule has 3 rings (SSSR count). The number of nitrogens with one attached hydrogen (secondary N) is 1. The molecule has 2 aliphatic rings. The number of hydrogen-bond donors (Lipinski definition) is 2. The highest BCUT2D eigenvalue weighted by atomic mass is 16.2. The normalized spacial score (nSPS) is 22.4. The molecule has 5 nitrogen and oxygen atoms in total. The third kappa shape index (κ3) is 3.47. The maximum atomic E-state index is 12.2. The number of likely N-dealkylation sites (tertiary alicyclic amines) is 1. The Balaban J connectivity index is 1.43. The number of benzene rings is 1. The lowest BCUT2D eigenvalue weighted by molar-refractivity contribution is -0.130. The molecule has 1 heterocycles. The molecular weight excluding hydrogens is 278 g/mol. The first-order valence-corrected chi connectivity index (χ1v) is 7.98. The molecule has 2 fully saturated rings. The zero-order chi connectivity index (χ0) is 15.6. The van der Waals surface area contributed by atoms with Crippen LogP contribution in [-0.4, -0.2) is 41.4 Å². The third-order valence-corrected chi connectivity index (χ3v) is 4.59. The van der Waals surface area contributed by atoms with Crippen LogP contribution in [0.2, 0.25) is 0 Å². The Hall–Kier alpha value is -1.88. The minimum absolute atomic E-state index is 0.0502. The smallest absolute Gasteiger partial charge is 0.240 e. The summed E-state index contributed by atoms with van der Waals surface area (Å²) in [6, 6.07) is 10.1. The van der Waals surface area contributed by atoms with Crippen LogP contribution in [0.5, 0.6) is 0 Å². The third-order valence-electron chi connectivity index (χ3n) is 4.59. The van der Waals surface area contributed by atoms with Crippen molar-refractivity contribution in [2.75, 3.05) is 13.1 Å². The molecule has 1 aromatic rings. The molecule has 0 bridgehead atoms. The number of hydrogen-bond acceptors (Lipinski definition) is 3. The number of rotatable bonds is 5. The predicted molar refractivity (Wildman–Crippen MR) is 84.0 cm³/mol. The summed E-state index contributed by atoms with van der Waals surface area (Å²) in [4.78, 5) is 26.0. The molecule has 0 aromatic heterocycles. The first kappa shape index (κ1) is 15.0. The van der Waals surface area contributed by atoms with E-state index in [1.54, 1.807) is 0 Å². The summed E-state index contributed by atoms with van der Waals surface area (Å²) >= 11 is 0. The van der Waals surface area contributed by atoms with E-state index in [1.165, 1.54) is 5.56 Å². The lowest BCUT2D eigenvalue weighted by atomic mass is 10.1. The lowest BCUT2D eigenvalue weighted by Crippen LogP contribution is -2.48. The van der Waals surface area contributed by atoms with Gasteiger partial charge in [0.15, 0.2) is 0 Å². The Morgan fingerprint density at radius 2 is 2.00 bits per heavy atom. The molecule has 3 N–H and O–H groups in total. The topological polar surface area (TPSA) is 75.4 Å². The number of carbonyl (C=O) groups excluding carboxylic acids is 2. The van der Waals surface area contributed by atoms with E-state index in [1.807, 2.05) is 35.2 Å². The molecule has 1 unspecified atom stereocenters. The van der Waals surface area contributed by atoms with E-state index in [0.29, 0.717) is 13.0 Å². The zero-order valence-electron chi connectivity index (χ0n) is 12.8. The summed E-state index contributed by atoms with van der Waals surface area (Å²) < 4.78 is 0. The van der Waals surface area contributed by atoms with Crippen molar-refractivity contribution < 1.29 is 9.59 Å². The molecule has 1 saturated heterocycles. The molecule has 118 valence electrons. The van der Waals surface area contributed by atoms with Crippen molar-refractivity contribution in [1.29, 1.82) is 0 Å². The van der Waals surface area contributed by atoms with E-state index < -0.39 is 5.54 Å². The van der Waals surface area contributed by atoms with Gasteiger partial charge in [0.05, 0.1) is 5.54 Å². The first-order valence-electron chi connectivity index (χ1n) is 7.98. The van der Waals surface area contributed by atoms with Gasteiger partial charge in [-0.15, -0.1) is 0 Å². The van der Waals surface area contributed by atoms with Crippen LogP contribution in [-0.2, 0) is 16.0 Å². The molecule has 1 aliphatic heterocycles. The van der Waals surface area contributed by atoms with Crippen molar-refractivity contribution in [3.8, 4) is 0 Å². The van der Waals surface area contributed by atoms with Gasteiger partial charge < -0.3 is 16.0 Å². The van der Waals surface area contributed by atoms with Gasteiger partial charge in [-0.1, -0.05) is 30.3 Å². The average Bonchev–Trinajstić information content (AvgIpc) is 3.11. The second kappa shape index (κ2) is 6.08. The first-order chi connectivity index (χ1) is 10.6. The summed E-state index contributed by atoms with van der Waals surface area (Å²) in [5, 5.41) is 2.98. The fourth-order valence-corrected chi connectivity index (χ4v) is 2.85. The van der Waals surface area contributed by atoms with Crippen molar-refractivity contribution >= 4 is 11.8 Å². The molecule has 22 heavy (non-hydrogen) atoms. The van der Waals surface area contributed by atoms with E-state index in [2.05, 4.69) is 5.32 Å².